The van der Waals surface area contributed by atoms with E-state index in [9.17, 15) is 4.79 Å². The van der Waals surface area contributed by atoms with E-state index in [0.717, 1.165) is 15.3 Å². The van der Waals surface area contributed by atoms with Gasteiger partial charge in [0.1, 0.15) is 23.9 Å². The minimum atomic E-state index is -0.0185. The zero-order chi connectivity index (χ0) is 17.8. The second-order valence-corrected chi connectivity index (χ2v) is 7.47. The molecule has 128 valence electrons. The zero-order valence-electron chi connectivity index (χ0n) is 13.9. The highest BCUT2D eigenvalue weighted by Gasteiger charge is 2.09. The van der Waals surface area contributed by atoms with E-state index in [1.54, 1.807) is 29.5 Å². The van der Waals surface area contributed by atoms with Gasteiger partial charge in [0, 0.05) is 20.3 Å². The van der Waals surface area contributed by atoms with Crippen molar-refractivity contribution >= 4 is 34.8 Å². The molecule has 3 nitrogen and oxygen atoms in total. The molecule has 0 aliphatic rings. The monoisotopic (exact) mass is 372 g/mol. The molecule has 0 aliphatic heterocycles. The average Bonchev–Trinajstić information content (AvgIpc) is 3.17. The van der Waals surface area contributed by atoms with Crippen molar-refractivity contribution in [1.82, 2.24) is 0 Å². The Kier molecular flexibility index (Phi) is 5.41. The minimum Gasteiger partial charge on any atom is -0.486 e. The van der Waals surface area contributed by atoms with Gasteiger partial charge in [0.25, 0.3) is 0 Å². The minimum absolute atomic E-state index is 0.0185. The number of halogens is 1. The molecule has 5 heteroatoms. The molecule has 0 saturated carbocycles. The van der Waals surface area contributed by atoms with E-state index in [0.29, 0.717) is 28.9 Å². The molecule has 0 unspecified atom stereocenters. The summed E-state index contributed by atoms with van der Waals surface area (Å²) in [6.45, 7) is 4.25. The van der Waals surface area contributed by atoms with Gasteiger partial charge in [-0.25, -0.2) is 0 Å². The van der Waals surface area contributed by atoms with Crippen molar-refractivity contribution in [3.05, 3.63) is 80.4 Å². The van der Waals surface area contributed by atoms with Gasteiger partial charge in [0.15, 0.2) is 5.78 Å². The predicted molar refractivity (Wildman–Crippen MR) is 102 cm³/mol. The Morgan fingerprint density at radius 1 is 1.24 bits per heavy atom. The molecule has 2 aromatic heterocycles. The summed E-state index contributed by atoms with van der Waals surface area (Å²) in [6, 6.07) is 12.8. The molecule has 0 N–H and O–H groups in total. The summed E-state index contributed by atoms with van der Waals surface area (Å²) in [5, 5.41) is 0.623. The molecular weight excluding hydrogens is 356 g/mol. The molecule has 3 aromatic rings. The predicted octanol–water partition coefficient (Wildman–Crippen LogP) is 6.09. The second-order valence-electron chi connectivity index (χ2n) is 5.57. The number of hydrogen-bond donors (Lipinski definition) is 0. The third-order valence-corrected chi connectivity index (χ3v) is 4.77. The standard InChI is InChI=1S/C20H17ClO3S/c1-13-10-19(14(2)25-13)20(22)9-8-16-6-7-18(24-16)12-23-17-5-3-4-15(21)11-17/h3-11H,12H2,1-2H3/b9-8+. The molecule has 0 bridgehead atoms. The van der Waals surface area contributed by atoms with Crippen LogP contribution in [0.25, 0.3) is 6.08 Å². The summed E-state index contributed by atoms with van der Waals surface area (Å²) in [5.41, 5.74) is 0.745. The first-order valence-electron chi connectivity index (χ1n) is 7.78. The first kappa shape index (κ1) is 17.5. The molecule has 0 saturated heterocycles. The number of carbonyl (C=O) groups excluding carboxylic acids is 1. The summed E-state index contributed by atoms with van der Waals surface area (Å²) < 4.78 is 11.3. The molecule has 0 atom stereocenters. The Hall–Kier alpha value is -2.30. The number of rotatable bonds is 6. The van der Waals surface area contributed by atoms with Gasteiger partial charge in [-0.3, -0.25) is 4.79 Å². The molecule has 1 aromatic carbocycles. The van der Waals surface area contributed by atoms with Crippen LogP contribution in [0.2, 0.25) is 5.02 Å². The van der Waals surface area contributed by atoms with Gasteiger partial charge in [-0.2, -0.15) is 0 Å². The topological polar surface area (TPSA) is 39.4 Å². The molecule has 0 amide bonds. The van der Waals surface area contributed by atoms with E-state index < -0.39 is 0 Å². The first-order valence-corrected chi connectivity index (χ1v) is 8.97. The maximum Gasteiger partial charge on any atom is 0.187 e. The van der Waals surface area contributed by atoms with Crippen LogP contribution in [-0.4, -0.2) is 5.78 Å². The van der Waals surface area contributed by atoms with Crippen LogP contribution in [0, 0.1) is 13.8 Å². The molecule has 3 rings (SSSR count). The van der Waals surface area contributed by atoms with Crippen LogP contribution < -0.4 is 4.74 Å². The average molecular weight is 373 g/mol. The van der Waals surface area contributed by atoms with Crippen LogP contribution in [0.3, 0.4) is 0 Å². The van der Waals surface area contributed by atoms with Crippen molar-refractivity contribution in [2.75, 3.05) is 0 Å². The lowest BCUT2D eigenvalue weighted by molar-refractivity contribution is 0.104. The zero-order valence-corrected chi connectivity index (χ0v) is 15.5. The maximum atomic E-state index is 12.2. The summed E-state index contributed by atoms with van der Waals surface area (Å²) in [7, 11) is 0. The fraction of sp³-hybridized carbons (Fsp3) is 0.150. The summed E-state index contributed by atoms with van der Waals surface area (Å²) in [5.74, 6) is 1.95. The largest absolute Gasteiger partial charge is 0.486 e. The van der Waals surface area contributed by atoms with Crippen LogP contribution in [0.4, 0.5) is 0 Å². The van der Waals surface area contributed by atoms with E-state index in [4.69, 9.17) is 20.8 Å². The van der Waals surface area contributed by atoms with Gasteiger partial charge >= 0.3 is 0 Å². The van der Waals surface area contributed by atoms with E-state index in [1.165, 1.54) is 6.08 Å². The van der Waals surface area contributed by atoms with Crippen molar-refractivity contribution < 1.29 is 13.9 Å². The van der Waals surface area contributed by atoms with Gasteiger partial charge < -0.3 is 9.15 Å². The van der Waals surface area contributed by atoms with Crippen LogP contribution in [0.1, 0.15) is 31.6 Å². The molecule has 0 fully saturated rings. The quantitative estimate of drug-likeness (QED) is 0.388. The molecule has 25 heavy (non-hydrogen) atoms. The van der Waals surface area contributed by atoms with Gasteiger partial charge in [0.05, 0.1) is 0 Å². The van der Waals surface area contributed by atoms with Crippen molar-refractivity contribution in [3.63, 3.8) is 0 Å². The van der Waals surface area contributed by atoms with Gasteiger partial charge in [-0.1, -0.05) is 17.7 Å². The summed E-state index contributed by atoms with van der Waals surface area (Å²) in [6.07, 6.45) is 3.21. The number of thiophene rings is 1. The molecule has 0 spiro atoms. The Balaban J connectivity index is 1.61. The highest BCUT2D eigenvalue weighted by atomic mass is 35.5. The molecule has 0 radical (unpaired) electrons. The third-order valence-electron chi connectivity index (χ3n) is 3.57. The lowest BCUT2D eigenvalue weighted by Crippen LogP contribution is -1.93. The Labute approximate surface area is 155 Å². The van der Waals surface area contributed by atoms with Gasteiger partial charge in [-0.05, 0) is 62.4 Å². The normalized spacial score (nSPS) is 11.2. The Bertz CT molecular complexity index is 921. The van der Waals surface area contributed by atoms with Crippen LogP contribution in [0.5, 0.6) is 5.75 Å². The van der Waals surface area contributed by atoms with Crippen LogP contribution in [-0.2, 0) is 6.61 Å². The fourth-order valence-electron chi connectivity index (χ4n) is 2.40. The van der Waals surface area contributed by atoms with Crippen molar-refractivity contribution in [3.8, 4) is 5.75 Å². The SMILES string of the molecule is Cc1cc(C(=O)/C=C/c2ccc(COc3cccc(Cl)c3)o2)c(C)s1. The Morgan fingerprint density at radius 3 is 2.80 bits per heavy atom. The van der Waals surface area contributed by atoms with E-state index in [1.807, 2.05) is 44.2 Å². The van der Waals surface area contributed by atoms with Crippen molar-refractivity contribution in [2.45, 2.75) is 20.5 Å². The summed E-state index contributed by atoms with van der Waals surface area (Å²) in [4.78, 5) is 14.4. The number of benzene rings is 1. The maximum absolute atomic E-state index is 12.2. The molecule has 0 aliphatic carbocycles. The highest BCUT2D eigenvalue weighted by molar-refractivity contribution is 7.12. The van der Waals surface area contributed by atoms with Crippen molar-refractivity contribution in [1.29, 1.82) is 0 Å². The smallest absolute Gasteiger partial charge is 0.187 e. The van der Waals surface area contributed by atoms with E-state index >= 15 is 0 Å². The third kappa shape index (κ3) is 4.62. The number of carbonyl (C=O) groups is 1. The molecular formula is C20H17ClO3S. The van der Waals surface area contributed by atoms with Crippen LogP contribution >= 0.6 is 22.9 Å². The van der Waals surface area contributed by atoms with Gasteiger partial charge in [0.2, 0.25) is 0 Å². The molecule has 2 heterocycles. The number of ketones is 1. The number of ether oxygens (including phenoxy) is 1. The summed E-state index contributed by atoms with van der Waals surface area (Å²) >= 11 is 7.55. The lowest BCUT2D eigenvalue weighted by Gasteiger charge is -2.03. The van der Waals surface area contributed by atoms with E-state index in [-0.39, 0.29) is 5.78 Å². The first-order chi connectivity index (χ1) is 12.0. The lowest BCUT2D eigenvalue weighted by atomic mass is 10.1. The van der Waals surface area contributed by atoms with Crippen molar-refractivity contribution in [2.24, 2.45) is 0 Å². The number of furan rings is 1. The van der Waals surface area contributed by atoms with Gasteiger partial charge in [-0.15, -0.1) is 11.3 Å². The van der Waals surface area contributed by atoms with E-state index in [2.05, 4.69) is 0 Å². The second kappa shape index (κ2) is 7.72. The highest BCUT2D eigenvalue weighted by Crippen LogP contribution is 2.22. The number of hydrogen-bond acceptors (Lipinski definition) is 4. The fourth-order valence-corrected chi connectivity index (χ4v) is 3.51. The number of aryl methyl sites for hydroxylation is 2. The van der Waals surface area contributed by atoms with Crippen LogP contribution in [0.15, 0.2) is 53.0 Å². The number of allylic oxidation sites excluding steroid dienone is 1. The Morgan fingerprint density at radius 2 is 2.08 bits per heavy atom.